The standard InChI is InChI=1S/C22H13Cl2N5S/c23-14-4-1-13(2-5-14)3-6-15-9-17-19(11-25-15)26-12-27-21(17)28-16-7-8-20-18(10-16)29-22(24)30-20/h1-12H,(H,26,27,28)/b6-3+. The smallest absolute Gasteiger partial charge is 0.184 e. The van der Waals surface area contributed by atoms with Crippen LogP contribution in [0.3, 0.4) is 0 Å². The fourth-order valence-electron chi connectivity index (χ4n) is 3.04. The highest BCUT2D eigenvalue weighted by Crippen LogP contribution is 2.30. The Balaban J connectivity index is 1.48. The number of pyridine rings is 1. The molecule has 146 valence electrons. The molecule has 2 aromatic carbocycles. The lowest BCUT2D eigenvalue weighted by Crippen LogP contribution is -1.97. The molecule has 0 bridgehead atoms. The van der Waals surface area contributed by atoms with Crippen LogP contribution in [0, 0.1) is 0 Å². The molecule has 0 saturated heterocycles. The van der Waals surface area contributed by atoms with E-state index < -0.39 is 0 Å². The molecular formula is C22H13Cl2N5S. The molecule has 0 unspecified atom stereocenters. The van der Waals surface area contributed by atoms with Crippen molar-refractivity contribution in [1.29, 1.82) is 0 Å². The molecule has 0 spiro atoms. The van der Waals surface area contributed by atoms with Crippen LogP contribution < -0.4 is 5.32 Å². The minimum atomic E-state index is 0.526. The van der Waals surface area contributed by atoms with E-state index in [1.807, 2.05) is 60.7 Å². The van der Waals surface area contributed by atoms with Crippen molar-refractivity contribution in [1.82, 2.24) is 19.9 Å². The molecule has 0 atom stereocenters. The third kappa shape index (κ3) is 3.98. The Bertz CT molecular complexity index is 1400. The van der Waals surface area contributed by atoms with Gasteiger partial charge in [-0.05, 0) is 48.0 Å². The number of rotatable bonds is 4. The van der Waals surface area contributed by atoms with Crippen molar-refractivity contribution in [3.63, 3.8) is 0 Å². The SMILES string of the molecule is Clc1ccc(/C=C/c2cc3c(Nc4ccc5sc(Cl)nc5c4)ncnc3cn2)cc1. The fourth-order valence-corrected chi connectivity index (χ4v) is 4.17. The summed E-state index contributed by atoms with van der Waals surface area (Å²) in [6.07, 6.45) is 7.20. The molecule has 1 N–H and O–H groups in total. The highest BCUT2D eigenvalue weighted by molar-refractivity contribution is 7.22. The van der Waals surface area contributed by atoms with Crippen LogP contribution in [0.15, 0.2) is 61.1 Å². The topological polar surface area (TPSA) is 63.6 Å². The molecule has 3 aromatic heterocycles. The maximum absolute atomic E-state index is 6.02. The third-order valence-electron chi connectivity index (χ3n) is 4.48. The summed E-state index contributed by atoms with van der Waals surface area (Å²) in [6, 6.07) is 15.5. The van der Waals surface area contributed by atoms with E-state index >= 15 is 0 Å². The van der Waals surface area contributed by atoms with Crippen LogP contribution in [0.4, 0.5) is 11.5 Å². The highest BCUT2D eigenvalue weighted by Gasteiger charge is 2.08. The summed E-state index contributed by atoms with van der Waals surface area (Å²) >= 11 is 13.4. The monoisotopic (exact) mass is 449 g/mol. The van der Waals surface area contributed by atoms with Crippen molar-refractivity contribution >= 4 is 79.3 Å². The molecule has 5 nitrogen and oxygen atoms in total. The summed E-state index contributed by atoms with van der Waals surface area (Å²) in [5.74, 6) is 0.698. The number of aromatic nitrogens is 4. The summed E-state index contributed by atoms with van der Waals surface area (Å²) < 4.78 is 1.56. The summed E-state index contributed by atoms with van der Waals surface area (Å²) in [4.78, 5) is 17.6. The molecule has 0 saturated carbocycles. The van der Waals surface area contributed by atoms with E-state index in [0.717, 1.165) is 38.1 Å². The molecule has 5 aromatic rings. The lowest BCUT2D eigenvalue weighted by atomic mass is 10.1. The molecule has 0 aliphatic carbocycles. The van der Waals surface area contributed by atoms with Crippen LogP contribution >= 0.6 is 34.5 Å². The van der Waals surface area contributed by atoms with Crippen LogP contribution in [0.25, 0.3) is 33.3 Å². The minimum absolute atomic E-state index is 0.526. The van der Waals surface area contributed by atoms with Gasteiger partial charge in [0.15, 0.2) is 4.47 Å². The first kappa shape index (κ1) is 18.9. The van der Waals surface area contributed by atoms with Crippen molar-refractivity contribution in [2.75, 3.05) is 5.32 Å². The van der Waals surface area contributed by atoms with Gasteiger partial charge in [0.2, 0.25) is 0 Å². The zero-order chi connectivity index (χ0) is 20.5. The average Bonchev–Trinajstić information content (AvgIpc) is 3.13. The van der Waals surface area contributed by atoms with Crippen molar-refractivity contribution in [3.8, 4) is 0 Å². The van der Waals surface area contributed by atoms with Gasteiger partial charge in [-0.15, -0.1) is 11.3 Å². The number of fused-ring (bicyclic) bond motifs is 2. The van der Waals surface area contributed by atoms with Crippen LogP contribution in [0.1, 0.15) is 11.3 Å². The number of hydrogen-bond acceptors (Lipinski definition) is 6. The van der Waals surface area contributed by atoms with Gasteiger partial charge in [0.05, 0.1) is 27.6 Å². The number of nitrogens with zero attached hydrogens (tertiary/aromatic N) is 4. The fraction of sp³-hybridized carbons (Fsp3) is 0. The Morgan fingerprint density at radius 2 is 1.73 bits per heavy atom. The maximum atomic E-state index is 6.02. The normalized spacial score (nSPS) is 11.5. The Hall–Kier alpha value is -3.06. The molecule has 5 rings (SSSR count). The molecule has 0 aliphatic heterocycles. The summed E-state index contributed by atoms with van der Waals surface area (Å²) in [5.41, 5.74) is 4.33. The lowest BCUT2D eigenvalue weighted by Gasteiger charge is -2.08. The van der Waals surface area contributed by atoms with Crippen molar-refractivity contribution in [3.05, 3.63) is 81.8 Å². The number of benzene rings is 2. The Labute approximate surface area is 186 Å². The Kier molecular flexibility index (Phi) is 5.04. The molecule has 0 fully saturated rings. The van der Waals surface area contributed by atoms with Gasteiger partial charge in [0.25, 0.3) is 0 Å². The molecule has 8 heteroatoms. The van der Waals surface area contributed by atoms with Gasteiger partial charge in [0, 0.05) is 16.1 Å². The second-order valence-corrected chi connectivity index (χ2v) is 8.56. The summed E-state index contributed by atoms with van der Waals surface area (Å²) in [7, 11) is 0. The summed E-state index contributed by atoms with van der Waals surface area (Å²) in [6.45, 7) is 0. The molecule has 30 heavy (non-hydrogen) atoms. The van der Waals surface area contributed by atoms with E-state index in [2.05, 4.69) is 25.3 Å². The first-order valence-corrected chi connectivity index (χ1v) is 10.6. The predicted molar refractivity (Wildman–Crippen MR) is 126 cm³/mol. The summed E-state index contributed by atoms with van der Waals surface area (Å²) in [5, 5.41) is 4.94. The number of thiazole rings is 1. The van der Waals surface area contributed by atoms with E-state index in [1.165, 1.54) is 17.7 Å². The zero-order valence-electron chi connectivity index (χ0n) is 15.4. The van der Waals surface area contributed by atoms with Gasteiger partial charge in [0.1, 0.15) is 12.1 Å². The molecule has 0 radical (unpaired) electrons. The Morgan fingerprint density at radius 3 is 2.60 bits per heavy atom. The van der Waals surface area contributed by atoms with Crippen LogP contribution in [0.2, 0.25) is 9.49 Å². The maximum Gasteiger partial charge on any atom is 0.184 e. The second-order valence-electron chi connectivity index (χ2n) is 6.51. The van der Waals surface area contributed by atoms with E-state index in [-0.39, 0.29) is 0 Å². The lowest BCUT2D eigenvalue weighted by molar-refractivity contribution is 1.20. The van der Waals surface area contributed by atoms with E-state index in [4.69, 9.17) is 23.2 Å². The van der Waals surface area contributed by atoms with Crippen LogP contribution in [-0.4, -0.2) is 19.9 Å². The molecule has 3 heterocycles. The van der Waals surface area contributed by atoms with E-state index in [1.54, 1.807) is 6.20 Å². The van der Waals surface area contributed by atoms with Crippen LogP contribution in [-0.2, 0) is 0 Å². The van der Waals surface area contributed by atoms with Gasteiger partial charge in [-0.1, -0.05) is 41.4 Å². The molecule has 0 amide bonds. The van der Waals surface area contributed by atoms with Crippen molar-refractivity contribution in [2.45, 2.75) is 0 Å². The molecular weight excluding hydrogens is 437 g/mol. The van der Waals surface area contributed by atoms with Crippen LogP contribution in [0.5, 0.6) is 0 Å². The van der Waals surface area contributed by atoms with Crippen molar-refractivity contribution in [2.24, 2.45) is 0 Å². The zero-order valence-corrected chi connectivity index (χ0v) is 17.7. The highest BCUT2D eigenvalue weighted by atomic mass is 35.5. The number of nitrogens with one attached hydrogen (secondary N) is 1. The predicted octanol–water partition coefficient (Wildman–Crippen LogP) is 6.86. The minimum Gasteiger partial charge on any atom is -0.340 e. The number of hydrogen-bond donors (Lipinski definition) is 1. The first-order chi connectivity index (χ1) is 14.6. The Morgan fingerprint density at radius 1 is 0.867 bits per heavy atom. The first-order valence-electron chi connectivity index (χ1n) is 9.01. The van der Waals surface area contributed by atoms with E-state index in [0.29, 0.717) is 15.3 Å². The van der Waals surface area contributed by atoms with E-state index in [9.17, 15) is 0 Å². The van der Waals surface area contributed by atoms with Gasteiger partial charge in [-0.3, -0.25) is 4.98 Å². The largest absolute Gasteiger partial charge is 0.340 e. The van der Waals surface area contributed by atoms with Gasteiger partial charge in [-0.25, -0.2) is 15.0 Å². The van der Waals surface area contributed by atoms with Gasteiger partial charge in [-0.2, -0.15) is 0 Å². The molecule has 0 aliphatic rings. The van der Waals surface area contributed by atoms with Crippen molar-refractivity contribution < 1.29 is 0 Å². The van der Waals surface area contributed by atoms with Gasteiger partial charge < -0.3 is 5.32 Å². The van der Waals surface area contributed by atoms with Gasteiger partial charge >= 0.3 is 0 Å². The quantitative estimate of drug-likeness (QED) is 0.324. The second kappa shape index (κ2) is 7.99. The third-order valence-corrected chi connectivity index (χ3v) is 5.88. The number of halogens is 2. The number of anilines is 2. The average molecular weight is 450 g/mol.